The topological polar surface area (TPSA) is 121 Å². The highest BCUT2D eigenvalue weighted by atomic mass is 19.2. The van der Waals surface area contributed by atoms with Crippen LogP contribution in [0.3, 0.4) is 0 Å². The highest BCUT2D eigenvalue weighted by molar-refractivity contribution is 6.06. The zero-order chi connectivity index (χ0) is 30.6. The van der Waals surface area contributed by atoms with Crippen LogP contribution < -0.4 is 10.6 Å². The van der Waals surface area contributed by atoms with Gasteiger partial charge in [-0.05, 0) is 72.9 Å². The molecule has 0 saturated heterocycles. The van der Waals surface area contributed by atoms with Gasteiger partial charge in [-0.25, -0.2) is 23.1 Å². The number of hydrogen-bond acceptors (Lipinski definition) is 5. The van der Waals surface area contributed by atoms with E-state index < -0.39 is 59.3 Å². The summed E-state index contributed by atoms with van der Waals surface area (Å²) in [6.07, 6.45) is 2.73. The summed E-state index contributed by atoms with van der Waals surface area (Å²) in [4.78, 5) is 46.5. The van der Waals surface area contributed by atoms with E-state index in [1.54, 1.807) is 45.2 Å². The number of carboxylic acid groups (broad SMARTS) is 1. The first-order valence-corrected chi connectivity index (χ1v) is 13.3. The Morgan fingerprint density at radius 3 is 2.38 bits per heavy atom. The summed E-state index contributed by atoms with van der Waals surface area (Å²) in [7, 11) is 0. The lowest BCUT2D eigenvalue weighted by atomic mass is 9.91. The van der Waals surface area contributed by atoms with E-state index in [1.807, 2.05) is 0 Å². The number of fused-ring (bicyclic) bond motifs is 1. The van der Waals surface area contributed by atoms with E-state index in [2.05, 4.69) is 20.6 Å². The lowest BCUT2D eigenvalue weighted by Gasteiger charge is -2.24. The number of aliphatic carboxylic acids is 1. The number of benzene rings is 3. The molecular formula is C31H29F3N4O4. The summed E-state index contributed by atoms with van der Waals surface area (Å²) in [6.45, 7) is 5.02. The Hall–Kier alpha value is -4.80. The van der Waals surface area contributed by atoms with Gasteiger partial charge in [0.15, 0.2) is 11.6 Å². The molecule has 0 radical (unpaired) electrons. The molecule has 2 atom stereocenters. The second-order valence-electron chi connectivity index (χ2n) is 10.0. The minimum Gasteiger partial charge on any atom is -0.481 e. The molecule has 1 heterocycles. The minimum atomic E-state index is -1.48. The van der Waals surface area contributed by atoms with Crippen LogP contribution in [0.1, 0.15) is 59.3 Å². The smallest absolute Gasteiger partial charge is 0.305 e. The first-order valence-electron chi connectivity index (χ1n) is 13.3. The maximum absolute atomic E-state index is 15.2. The number of nitrogens with zero attached hydrogens (tertiary/aromatic N) is 2. The predicted octanol–water partition coefficient (Wildman–Crippen LogP) is 5.56. The molecule has 0 aliphatic heterocycles. The molecule has 0 spiro atoms. The molecule has 4 aromatic rings. The van der Waals surface area contributed by atoms with Crippen molar-refractivity contribution in [2.75, 3.05) is 0 Å². The maximum Gasteiger partial charge on any atom is 0.305 e. The molecule has 218 valence electrons. The lowest BCUT2D eigenvalue weighted by molar-refractivity contribution is -0.137. The molecule has 0 bridgehead atoms. The molecule has 1 aromatic heterocycles. The molecule has 0 saturated carbocycles. The standard InChI is InChI=1S/C31H29F3N4O4/c1-4-6-24(37-30(41)21-8-5-7-18-14-35-15-36-29(18)21)31(42)38-25(13-26(39)40)22-11-19(12-23(33)28(22)34)27-16(2)9-20(32)10-17(27)3/h5,7-12,14-15,24-25H,4,6,13H2,1-3H3,(H,37,41)(H,38,42)(H,39,40)/t24-,25-/m0/s1. The van der Waals surface area contributed by atoms with E-state index in [0.29, 0.717) is 34.0 Å². The molecule has 4 rings (SSSR count). The molecule has 0 unspecified atom stereocenters. The summed E-state index contributed by atoms with van der Waals surface area (Å²) >= 11 is 0. The number of carbonyl (C=O) groups is 3. The van der Waals surface area contributed by atoms with Gasteiger partial charge in [-0.3, -0.25) is 14.4 Å². The van der Waals surface area contributed by atoms with Gasteiger partial charge in [0, 0.05) is 17.1 Å². The zero-order valence-corrected chi connectivity index (χ0v) is 23.2. The van der Waals surface area contributed by atoms with E-state index in [4.69, 9.17) is 0 Å². The average Bonchev–Trinajstić information content (AvgIpc) is 2.93. The number of aromatic nitrogens is 2. The van der Waals surface area contributed by atoms with E-state index in [-0.39, 0.29) is 17.5 Å². The van der Waals surface area contributed by atoms with E-state index >= 15 is 4.39 Å². The lowest BCUT2D eigenvalue weighted by Crippen LogP contribution is -2.48. The molecule has 0 aliphatic rings. The molecule has 3 N–H and O–H groups in total. The first-order chi connectivity index (χ1) is 20.0. The number of para-hydroxylation sites is 1. The van der Waals surface area contributed by atoms with Crippen molar-refractivity contribution in [3.63, 3.8) is 0 Å². The van der Waals surface area contributed by atoms with Crippen molar-refractivity contribution in [2.45, 2.75) is 52.1 Å². The molecule has 2 amide bonds. The normalized spacial score (nSPS) is 12.5. The largest absolute Gasteiger partial charge is 0.481 e. The van der Waals surface area contributed by atoms with Gasteiger partial charge in [-0.2, -0.15) is 0 Å². The highest BCUT2D eigenvalue weighted by Gasteiger charge is 2.29. The minimum absolute atomic E-state index is 0.183. The van der Waals surface area contributed by atoms with Gasteiger partial charge in [-0.1, -0.05) is 25.5 Å². The molecule has 42 heavy (non-hydrogen) atoms. The van der Waals surface area contributed by atoms with Crippen LogP contribution in [0.15, 0.2) is 55.0 Å². The van der Waals surface area contributed by atoms with Crippen LogP contribution in [0.2, 0.25) is 0 Å². The Morgan fingerprint density at radius 2 is 1.71 bits per heavy atom. The van der Waals surface area contributed by atoms with Gasteiger partial charge in [0.1, 0.15) is 18.2 Å². The molecular weight excluding hydrogens is 549 g/mol. The number of amides is 2. The fourth-order valence-electron chi connectivity index (χ4n) is 5.05. The van der Waals surface area contributed by atoms with Crippen molar-refractivity contribution in [2.24, 2.45) is 0 Å². The summed E-state index contributed by atoms with van der Waals surface area (Å²) < 4.78 is 44.0. The summed E-state index contributed by atoms with van der Waals surface area (Å²) in [5.41, 5.74) is 1.77. The number of rotatable bonds is 10. The summed E-state index contributed by atoms with van der Waals surface area (Å²) in [5.74, 6) is -5.81. The number of halogens is 3. The van der Waals surface area contributed by atoms with Crippen molar-refractivity contribution < 1.29 is 32.7 Å². The second kappa shape index (κ2) is 12.8. The predicted molar refractivity (Wildman–Crippen MR) is 150 cm³/mol. The fourth-order valence-corrected chi connectivity index (χ4v) is 5.05. The second-order valence-corrected chi connectivity index (χ2v) is 10.0. The van der Waals surface area contributed by atoms with Crippen LogP contribution in [0.25, 0.3) is 22.0 Å². The SMILES string of the molecule is CCC[C@H](NC(=O)c1cccc2cncnc12)C(=O)N[C@@H](CC(=O)O)c1cc(-c2c(C)cc(F)cc2C)cc(F)c1F. The number of carboxylic acids is 1. The Bertz CT molecular complexity index is 1650. The van der Waals surface area contributed by atoms with E-state index in [9.17, 15) is 28.3 Å². The number of carbonyl (C=O) groups excluding carboxylic acids is 2. The van der Waals surface area contributed by atoms with Crippen molar-refractivity contribution in [1.29, 1.82) is 0 Å². The van der Waals surface area contributed by atoms with Crippen LogP contribution >= 0.6 is 0 Å². The third-order valence-corrected chi connectivity index (χ3v) is 6.89. The van der Waals surface area contributed by atoms with Gasteiger partial charge >= 0.3 is 5.97 Å². The monoisotopic (exact) mass is 578 g/mol. The molecule has 0 fully saturated rings. The number of nitrogens with one attached hydrogen (secondary N) is 2. The number of hydrogen-bond donors (Lipinski definition) is 3. The molecule has 3 aromatic carbocycles. The van der Waals surface area contributed by atoms with Crippen LogP contribution in [0.5, 0.6) is 0 Å². The van der Waals surface area contributed by atoms with Crippen molar-refractivity contribution in [3.05, 3.63) is 94.7 Å². The van der Waals surface area contributed by atoms with Gasteiger partial charge in [0.25, 0.3) is 5.91 Å². The zero-order valence-electron chi connectivity index (χ0n) is 23.2. The van der Waals surface area contributed by atoms with Gasteiger partial charge in [-0.15, -0.1) is 0 Å². The van der Waals surface area contributed by atoms with Crippen LogP contribution in [0.4, 0.5) is 13.2 Å². The highest BCUT2D eigenvalue weighted by Crippen LogP contribution is 2.33. The van der Waals surface area contributed by atoms with Gasteiger partial charge in [0.05, 0.1) is 23.5 Å². The molecule has 8 nitrogen and oxygen atoms in total. The fraction of sp³-hybridized carbons (Fsp3) is 0.258. The third-order valence-electron chi connectivity index (χ3n) is 6.89. The Kier molecular flexibility index (Phi) is 9.19. The van der Waals surface area contributed by atoms with Gasteiger partial charge in [0.2, 0.25) is 5.91 Å². The van der Waals surface area contributed by atoms with Crippen LogP contribution in [-0.4, -0.2) is 38.9 Å². The van der Waals surface area contributed by atoms with Crippen molar-refractivity contribution >= 4 is 28.7 Å². The Morgan fingerprint density at radius 1 is 1.00 bits per heavy atom. The quantitative estimate of drug-likeness (QED) is 0.227. The third kappa shape index (κ3) is 6.56. The van der Waals surface area contributed by atoms with Crippen molar-refractivity contribution in [3.8, 4) is 11.1 Å². The van der Waals surface area contributed by atoms with Gasteiger partial charge < -0.3 is 15.7 Å². The Balaban J connectivity index is 1.67. The summed E-state index contributed by atoms with van der Waals surface area (Å²) in [5, 5.41) is 15.3. The maximum atomic E-state index is 15.2. The van der Waals surface area contributed by atoms with E-state index in [0.717, 1.165) is 6.07 Å². The van der Waals surface area contributed by atoms with Crippen molar-refractivity contribution in [1.82, 2.24) is 20.6 Å². The molecule has 11 heteroatoms. The first kappa shape index (κ1) is 30.2. The Labute approximate surface area is 240 Å². The number of aryl methyl sites for hydroxylation is 2. The summed E-state index contributed by atoms with van der Waals surface area (Å²) in [6, 6.07) is 7.02. The molecule has 0 aliphatic carbocycles. The van der Waals surface area contributed by atoms with Crippen LogP contribution in [-0.2, 0) is 9.59 Å². The van der Waals surface area contributed by atoms with Crippen LogP contribution in [0, 0.1) is 31.3 Å². The van der Waals surface area contributed by atoms with E-state index in [1.165, 1.54) is 24.5 Å². The average molecular weight is 579 g/mol.